The van der Waals surface area contributed by atoms with Gasteiger partial charge in [0.1, 0.15) is 0 Å². The van der Waals surface area contributed by atoms with Crippen LogP contribution in [0.15, 0.2) is 188 Å². The lowest BCUT2D eigenvalue weighted by Crippen LogP contribution is -2.20. The summed E-state index contributed by atoms with van der Waals surface area (Å²) in [5.41, 5.74) is 13.6. The predicted octanol–water partition coefficient (Wildman–Crippen LogP) is 14.3. The van der Waals surface area contributed by atoms with Crippen molar-refractivity contribution >= 4 is 49.4 Å². The number of hydrogen-bond donors (Lipinski definition) is 0. The van der Waals surface area contributed by atoms with Crippen LogP contribution in [0.25, 0.3) is 65.7 Å². The maximum Gasteiger partial charge on any atom is 0.0508 e. The lowest BCUT2D eigenvalue weighted by Gasteiger charge is -2.32. The number of benzene rings is 9. The zero-order chi connectivity index (χ0) is 34.8. The molecular formula is C51H37N. The van der Waals surface area contributed by atoms with Crippen molar-refractivity contribution in [2.24, 2.45) is 0 Å². The average molecular weight is 664 g/mol. The Labute approximate surface area is 305 Å². The molecule has 0 fully saturated rings. The highest BCUT2D eigenvalue weighted by Gasteiger charge is 2.38. The summed E-state index contributed by atoms with van der Waals surface area (Å²) >= 11 is 0. The number of anilines is 3. The second kappa shape index (κ2) is 11.8. The maximum atomic E-state index is 2.46. The molecule has 0 radical (unpaired) electrons. The van der Waals surface area contributed by atoms with E-state index in [4.69, 9.17) is 0 Å². The first-order valence-corrected chi connectivity index (χ1v) is 18.2. The summed E-state index contributed by atoms with van der Waals surface area (Å²) in [4.78, 5) is 2.46. The van der Waals surface area contributed by atoms with Crippen LogP contribution >= 0.6 is 0 Å². The molecule has 10 rings (SSSR count). The molecule has 0 amide bonds. The number of nitrogens with zero attached hydrogens (tertiary/aromatic N) is 1. The van der Waals surface area contributed by atoms with Gasteiger partial charge in [-0.3, -0.25) is 0 Å². The topological polar surface area (TPSA) is 3.24 Å². The first-order valence-electron chi connectivity index (χ1n) is 18.2. The van der Waals surface area contributed by atoms with Crippen molar-refractivity contribution in [3.05, 3.63) is 199 Å². The van der Waals surface area contributed by atoms with Crippen LogP contribution in [0, 0.1) is 0 Å². The Morgan fingerprint density at radius 3 is 1.71 bits per heavy atom. The molecule has 1 nitrogen and oxygen atoms in total. The minimum absolute atomic E-state index is 0.157. The van der Waals surface area contributed by atoms with Crippen molar-refractivity contribution < 1.29 is 0 Å². The highest BCUT2D eigenvalue weighted by Crippen LogP contribution is 2.54. The summed E-state index contributed by atoms with van der Waals surface area (Å²) in [6, 6.07) is 69.2. The minimum Gasteiger partial charge on any atom is -0.310 e. The first kappa shape index (κ1) is 30.4. The molecule has 0 bridgehead atoms. The van der Waals surface area contributed by atoms with E-state index in [2.05, 4.69) is 207 Å². The van der Waals surface area contributed by atoms with Crippen molar-refractivity contribution in [1.29, 1.82) is 0 Å². The third kappa shape index (κ3) is 4.77. The van der Waals surface area contributed by atoms with Gasteiger partial charge in [0.05, 0.1) is 5.69 Å². The molecule has 0 N–H and O–H groups in total. The zero-order valence-corrected chi connectivity index (χ0v) is 29.3. The third-order valence-corrected chi connectivity index (χ3v) is 11.2. The molecule has 9 aromatic rings. The van der Waals surface area contributed by atoms with E-state index in [1.54, 1.807) is 0 Å². The zero-order valence-electron chi connectivity index (χ0n) is 29.3. The molecule has 0 unspecified atom stereocenters. The van der Waals surface area contributed by atoms with Crippen LogP contribution in [-0.2, 0) is 5.41 Å². The van der Waals surface area contributed by atoms with Gasteiger partial charge in [-0.1, -0.05) is 159 Å². The summed E-state index contributed by atoms with van der Waals surface area (Å²) in [7, 11) is 0. The van der Waals surface area contributed by atoms with E-state index >= 15 is 0 Å². The van der Waals surface area contributed by atoms with Gasteiger partial charge in [-0.25, -0.2) is 0 Å². The van der Waals surface area contributed by atoms with Crippen molar-refractivity contribution in [2.45, 2.75) is 19.3 Å². The van der Waals surface area contributed by atoms with Crippen LogP contribution in [0.5, 0.6) is 0 Å². The van der Waals surface area contributed by atoms with Crippen molar-refractivity contribution in [3.63, 3.8) is 0 Å². The van der Waals surface area contributed by atoms with Gasteiger partial charge in [0.2, 0.25) is 0 Å². The number of rotatable bonds is 5. The van der Waals surface area contributed by atoms with Crippen molar-refractivity contribution in [3.8, 4) is 33.4 Å². The Morgan fingerprint density at radius 2 is 0.942 bits per heavy atom. The smallest absolute Gasteiger partial charge is 0.0508 e. The second-order valence-electron chi connectivity index (χ2n) is 14.6. The van der Waals surface area contributed by atoms with Crippen molar-refractivity contribution in [1.82, 2.24) is 0 Å². The lowest BCUT2D eigenvalue weighted by molar-refractivity contribution is 0.661. The van der Waals surface area contributed by atoms with Gasteiger partial charge in [-0.15, -0.1) is 0 Å². The van der Waals surface area contributed by atoms with Crippen LogP contribution in [0.1, 0.15) is 25.0 Å². The fraction of sp³-hybridized carbons (Fsp3) is 0.0588. The van der Waals surface area contributed by atoms with Gasteiger partial charge in [0.25, 0.3) is 0 Å². The van der Waals surface area contributed by atoms with Crippen molar-refractivity contribution in [2.75, 3.05) is 4.90 Å². The Balaban J connectivity index is 1.12. The standard InChI is InChI=1S/C51H37N/c1-51(2)48-20-10-9-18-45(48)46-19-11-21-49(50(46)51)52(40-28-24-35(25-29-40)38-23-22-34-12-3-4-13-37(34)32-38)41-30-26-36(27-31-41)47-33-39-14-5-6-15-42(39)43-16-7-8-17-44(43)47/h3-33H,1-2H3. The summed E-state index contributed by atoms with van der Waals surface area (Å²) in [6.07, 6.45) is 0. The average Bonchev–Trinajstić information content (AvgIpc) is 3.44. The Morgan fingerprint density at radius 1 is 0.365 bits per heavy atom. The molecule has 246 valence electrons. The van der Waals surface area contributed by atoms with Crippen LogP contribution in [0.3, 0.4) is 0 Å². The quantitative estimate of drug-likeness (QED) is 0.166. The Kier molecular flexibility index (Phi) is 6.91. The second-order valence-corrected chi connectivity index (χ2v) is 14.6. The minimum atomic E-state index is -0.157. The van der Waals surface area contributed by atoms with Gasteiger partial charge in [0, 0.05) is 16.8 Å². The summed E-state index contributed by atoms with van der Waals surface area (Å²) in [5, 5.41) is 7.63. The molecule has 0 heterocycles. The molecular weight excluding hydrogens is 627 g/mol. The van der Waals surface area contributed by atoms with Gasteiger partial charge in [-0.2, -0.15) is 0 Å². The van der Waals surface area contributed by atoms with Gasteiger partial charge < -0.3 is 4.90 Å². The fourth-order valence-electron chi connectivity index (χ4n) is 8.69. The molecule has 52 heavy (non-hydrogen) atoms. The predicted molar refractivity (Wildman–Crippen MR) is 222 cm³/mol. The van der Waals surface area contributed by atoms with E-state index in [0.29, 0.717) is 0 Å². The molecule has 9 aromatic carbocycles. The first-order chi connectivity index (χ1) is 25.5. The van der Waals surface area contributed by atoms with Gasteiger partial charge in [-0.05, 0) is 119 Å². The summed E-state index contributed by atoms with van der Waals surface area (Å²) in [6.45, 7) is 4.74. The van der Waals surface area contributed by atoms with E-state index in [0.717, 1.165) is 11.4 Å². The van der Waals surface area contributed by atoms with Crippen LogP contribution in [-0.4, -0.2) is 0 Å². The van der Waals surface area contributed by atoms with E-state index in [1.807, 2.05) is 0 Å². The highest BCUT2D eigenvalue weighted by atomic mass is 15.1. The number of fused-ring (bicyclic) bond motifs is 7. The maximum absolute atomic E-state index is 2.46. The summed E-state index contributed by atoms with van der Waals surface area (Å²) < 4.78 is 0. The van der Waals surface area contributed by atoms with E-state index in [9.17, 15) is 0 Å². The molecule has 1 aliphatic rings. The Bertz CT molecular complexity index is 2810. The molecule has 0 atom stereocenters. The fourth-order valence-corrected chi connectivity index (χ4v) is 8.69. The number of hydrogen-bond acceptors (Lipinski definition) is 1. The summed E-state index contributed by atoms with van der Waals surface area (Å²) in [5.74, 6) is 0. The van der Waals surface area contributed by atoms with Gasteiger partial charge >= 0.3 is 0 Å². The lowest BCUT2D eigenvalue weighted by atomic mass is 9.81. The largest absolute Gasteiger partial charge is 0.310 e. The molecule has 0 aromatic heterocycles. The van der Waals surface area contributed by atoms with E-state index in [1.165, 1.54) is 82.5 Å². The molecule has 1 heteroatoms. The van der Waals surface area contributed by atoms with Crippen LogP contribution < -0.4 is 4.90 Å². The van der Waals surface area contributed by atoms with E-state index in [-0.39, 0.29) is 5.41 Å². The highest BCUT2D eigenvalue weighted by molar-refractivity contribution is 6.13. The monoisotopic (exact) mass is 663 g/mol. The van der Waals surface area contributed by atoms with Crippen LogP contribution in [0.4, 0.5) is 17.1 Å². The molecule has 0 saturated heterocycles. The molecule has 1 aliphatic carbocycles. The SMILES string of the molecule is CC1(C)c2ccccc2-c2cccc(N(c3ccc(-c4ccc5ccccc5c4)cc3)c3ccc(-c4cc5ccccc5c5ccccc45)cc3)c21. The molecule has 0 aliphatic heterocycles. The van der Waals surface area contributed by atoms with Gasteiger partial charge in [0.15, 0.2) is 0 Å². The molecule has 0 spiro atoms. The Hall–Kier alpha value is -6.44. The van der Waals surface area contributed by atoms with E-state index < -0.39 is 0 Å². The molecule has 0 saturated carbocycles. The third-order valence-electron chi connectivity index (χ3n) is 11.2. The van der Waals surface area contributed by atoms with Crippen LogP contribution in [0.2, 0.25) is 0 Å². The normalized spacial score (nSPS) is 13.0.